The van der Waals surface area contributed by atoms with Crippen LogP contribution < -0.4 is 0 Å². The summed E-state index contributed by atoms with van der Waals surface area (Å²) in [6, 6.07) is 8.11. The van der Waals surface area contributed by atoms with E-state index in [1.165, 1.54) is 0 Å². The molecule has 0 radical (unpaired) electrons. The third kappa shape index (κ3) is 2.34. The van der Waals surface area contributed by atoms with Gasteiger partial charge in [0, 0.05) is 55.1 Å². The van der Waals surface area contributed by atoms with Gasteiger partial charge in [0.1, 0.15) is 0 Å². The Morgan fingerprint density at radius 2 is 2.17 bits per heavy atom. The number of aromatic nitrogens is 1. The monoisotopic (exact) mass is 327 g/mol. The number of likely N-dealkylation sites (tertiary alicyclic amines) is 1. The molecule has 4 rings (SSSR count). The molecule has 0 unspecified atom stereocenters. The summed E-state index contributed by atoms with van der Waals surface area (Å²) >= 11 is 0. The van der Waals surface area contributed by atoms with E-state index in [-0.39, 0.29) is 11.3 Å². The van der Waals surface area contributed by atoms with Gasteiger partial charge in [0.05, 0.1) is 18.8 Å². The summed E-state index contributed by atoms with van der Waals surface area (Å²) in [5.74, 6) is 0.596. The predicted octanol–water partition coefficient (Wildman–Crippen LogP) is 1.83. The first kappa shape index (κ1) is 15.7. The fourth-order valence-electron chi connectivity index (χ4n) is 4.52. The lowest BCUT2D eigenvalue weighted by Gasteiger charge is -2.30. The summed E-state index contributed by atoms with van der Waals surface area (Å²) in [5.41, 5.74) is 2.00. The van der Waals surface area contributed by atoms with E-state index in [1.807, 2.05) is 40.9 Å². The Labute approximate surface area is 142 Å². The standard InChI is InChI=1S/C19H25N3O2/c1-20(2)11-19-12-22(8-14(19)10-24-13-19)18(23)16-9-21(3)17-7-5-4-6-15(16)17/h4-7,9,14H,8,10-13H2,1-3H3/t14-,19+/m1/s1. The maximum absolute atomic E-state index is 13.2. The summed E-state index contributed by atoms with van der Waals surface area (Å²) in [4.78, 5) is 17.4. The molecule has 2 saturated heterocycles. The molecule has 128 valence electrons. The molecule has 1 aromatic carbocycles. The first-order valence-electron chi connectivity index (χ1n) is 8.56. The Balaban J connectivity index is 1.64. The number of amides is 1. The Morgan fingerprint density at radius 3 is 2.96 bits per heavy atom. The number of para-hydroxylation sites is 1. The van der Waals surface area contributed by atoms with Crippen molar-refractivity contribution < 1.29 is 9.53 Å². The first-order chi connectivity index (χ1) is 11.5. The van der Waals surface area contributed by atoms with Crippen LogP contribution in [0.1, 0.15) is 10.4 Å². The molecule has 0 bridgehead atoms. The highest BCUT2D eigenvalue weighted by molar-refractivity contribution is 6.07. The van der Waals surface area contributed by atoms with Crippen molar-refractivity contribution in [1.82, 2.24) is 14.4 Å². The van der Waals surface area contributed by atoms with E-state index in [9.17, 15) is 4.79 Å². The smallest absolute Gasteiger partial charge is 0.256 e. The highest BCUT2D eigenvalue weighted by Gasteiger charge is 2.52. The molecular formula is C19H25N3O2. The minimum absolute atomic E-state index is 0.0870. The average molecular weight is 327 g/mol. The van der Waals surface area contributed by atoms with Crippen LogP contribution in [0.25, 0.3) is 10.9 Å². The quantitative estimate of drug-likeness (QED) is 0.863. The number of carbonyl (C=O) groups excluding carboxylic acids is 1. The van der Waals surface area contributed by atoms with Crippen LogP contribution in [-0.2, 0) is 11.8 Å². The van der Waals surface area contributed by atoms with Crippen LogP contribution in [0, 0.1) is 11.3 Å². The second-order valence-electron chi connectivity index (χ2n) is 7.67. The highest BCUT2D eigenvalue weighted by Crippen LogP contribution is 2.42. The molecule has 0 saturated carbocycles. The number of rotatable bonds is 3. The molecule has 3 heterocycles. The molecule has 5 heteroatoms. The number of nitrogens with zero attached hydrogens (tertiary/aromatic N) is 3. The molecule has 0 spiro atoms. The molecule has 2 fully saturated rings. The number of fused-ring (bicyclic) bond motifs is 2. The van der Waals surface area contributed by atoms with E-state index < -0.39 is 0 Å². The predicted molar refractivity (Wildman–Crippen MR) is 94.1 cm³/mol. The van der Waals surface area contributed by atoms with Crippen molar-refractivity contribution in [2.45, 2.75) is 0 Å². The number of hydrogen-bond donors (Lipinski definition) is 0. The van der Waals surface area contributed by atoms with Crippen LogP contribution in [-0.4, -0.2) is 67.2 Å². The minimum atomic E-state index is 0.0870. The molecule has 2 aliphatic heterocycles. The first-order valence-corrected chi connectivity index (χ1v) is 8.56. The second-order valence-corrected chi connectivity index (χ2v) is 7.67. The molecular weight excluding hydrogens is 302 g/mol. The lowest BCUT2D eigenvalue weighted by molar-refractivity contribution is 0.0698. The van der Waals surface area contributed by atoms with Crippen LogP contribution in [0.2, 0.25) is 0 Å². The Morgan fingerprint density at radius 1 is 1.38 bits per heavy atom. The highest BCUT2D eigenvalue weighted by atomic mass is 16.5. The van der Waals surface area contributed by atoms with Gasteiger partial charge in [-0.1, -0.05) is 18.2 Å². The normalized spacial score (nSPS) is 26.5. The number of benzene rings is 1. The van der Waals surface area contributed by atoms with Gasteiger partial charge in [-0.2, -0.15) is 0 Å². The van der Waals surface area contributed by atoms with Crippen LogP contribution in [0.4, 0.5) is 0 Å². The van der Waals surface area contributed by atoms with Crippen molar-refractivity contribution in [3.63, 3.8) is 0 Å². The molecule has 2 atom stereocenters. The number of ether oxygens (including phenoxy) is 1. The molecule has 2 aliphatic rings. The molecule has 24 heavy (non-hydrogen) atoms. The maximum Gasteiger partial charge on any atom is 0.256 e. The van der Waals surface area contributed by atoms with Gasteiger partial charge >= 0.3 is 0 Å². The summed E-state index contributed by atoms with van der Waals surface area (Å²) in [5, 5.41) is 1.04. The molecule has 5 nitrogen and oxygen atoms in total. The van der Waals surface area contributed by atoms with Crippen LogP contribution in [0.3, 0.4) is 0 Å². The lowest BCUT2D eigenvalue weighted by Crippen LogP contribution is -2.41. The summed E-state index contributed by atoms with van der Waals surface area (Å²) in [6.45, 7) is 4.09. The lowest BCUT2D eigenvalue weighted by atomic mass is 9.81. The summed E-state index contributed by atoms with van der Waals surface area (Å²) < 4.78 is 7.79. The maximum atomic E-state index is 13.2. The number of aryl methyl sites for hydroxylation is 1. The zero-order valence-electron chi connectivity index (χ0n) is 14.7. The van der Waals surface area contributed by atoms with Crippen LogP contribution in [0.15, 0.2) is 30.5 Å². The van der Waals surface area contributed by atoms with Gasteiger partial charge < -0.3 is 19.1 Å². The van der Waals surface area contributed by atoms with Gasteiger partial charge in [0.25, 0.3) is 5.91 Å². The van der Waals surface area contributed by atoms with Crippen molar-refractivity contribution in [2.24, 2.45) is 18.4 Å². The van der Waals surface area contributed by atoms with E-state index in [0.717, 1.165) is 49.3 Å². The Hall–Kier alpha value is -1.85. The van der Waals surface area contributed by atoms with Crippen molar-refractivity contribution in [3.8, 4) is 0 Å². The van der Waals surface area contributed by atoms with Crippen molar-refractivity contribution in [1.29, 1.82) is 0 Å². The van der Waals surface area contributed by atoms with Gasteiger partial charge in [-0.3, -0.25) is 4.79 Å². The molecule has 0 aliphatic carbocycles. The average Bonchev–Trinajstić information content (AvgIpc) is 3.17. The van der Waals surface area contributed by atoms with E-state index in [0.29, 0.717) is 5.92 Å². The Kier molecular flexibility index (Phi) is 3.66. The molecule has 2 aromatic rings. The zero-order chi connectivity index (χ0) is 16.9. The van der Waals surface area contributed by atoms with Crippen molar-refractivity contribution in [2.75, 3.05) is 46.9 Å². The van der Waals surface area contributed by atoms with E-state index in [2.05, 4.69) is 25.1 Å². The van der Waals surface area contributed by atoms with E-state index in [1.54, 1.807) is 0 Å². The third-order valence-electron chi connectivity index (χ3n) is 5.57. The fraction of sp³-hybridized carbons (Fsp3) is 0.526. The van der Waals surface area contributed by atoms with Gasteiger partial charge in [-0.05, 0) is 20.2 Å². The van der Waals surface area contributed by atoms with Gasteiger partial charge in [-0.25, -0.2) is 0 Å². The third-order valence-corrected chi connectivity index (χ3v) is 5.57. The Bertz CT molecular complexity index is 782. The van der Waals surface area contributed by atoms with E-state index >= 15 is 0 Å². The second kappa shape index (κ2) is 5.60. The molecule has 1 aromatic heterocycles. The van der Waals surface area contributed by atoms with E-state index in [4.69, 9.17) is 4.74 Å². The van der Waals surface area contributed by atoms with Gasteiger partial charge in [0.15, 0.2) is 0 Å². The summed E-state index contributed by atoms with van der Waals surface area (Å²) in [7, 11) is 6.19. The number of carbonyl (C=O) groups is 1. The van der Waals surface area contributed by atoms with Crippen LogP contribution in [0.5, 0.6) is 0 Å². The molecule has 1 amide bonds. The van der Waals surface area contributed by atoms with Crippen LogP contribution >= 0.6 is 0 Å². The SMILES string of the molecule is CN(C)C[C@]12COC[C@H]1CN(C(=O)c1cn(C)c3ccccc13)C2. The number of hydrogen-bond acceptors (Lipinski definition) is 3. The molecule has 0 N–H and O–H groups in total. The van der Waals surface area contributed by atoms with Crippen molar-refractivity contribution in [3.05, 3.63) is 36.0 Å². The topological polar surface area (TPSA) is 37.7 Å². The van der Waals surface area contributed by atoms with Gasteiger partial charge in [-0.15, -0.1) is 0 Å². The largest absolute Gasteiger partial charge is 0.380 e. The summed E-state index contributed by atoms with van der Waals surface area (Å²) in [6.07, 6.45) is 1.97. The minimum Gasteiger partial charge on any atom is -0.380 e. The van der Waals surface area contributed by atoms with Crippen molar-refractivity contribution >= 4 is 16.8 Å². The fourth-order valence-corrected chi connectivity index (χ4v) is 4.52. The van der Waals surface area contributed by atoms with Gasteiger partial charge in [0.2, 0.25) is 0 Å². The zero-order valence-corrected chi connectivity index (χ0v) is 14.7.